The smallest absolute Gasteiger partial charge is 0.247 e. The molecule has 10 heteroatoms. The van der Waals surface area contributed by atoms with Crippen LogP contribution in [0.15, 0.2) is 29.2 Å². The highest BCUT2D eigenvalue weighted by Gasteiger charge is 2.38. The van der Waals surface area contributed by atoms with Crippen molar-refractivity contribution >= 4 is 25.6 Å². The number of rotatable bonds is 6. The number of aliphatic hydroxyl groups excluding tert-OH is 1. The molecule has 0 amide bonds. The average molecular weight is 487 g/mol. The van der Waals surface area contributed by atoms with Crippen LogP contribution in [0.5, 0.6) is 5.75 Å². The minimum Gasteiger partial charge on any atom is -0.487 e. The molecule has 1 aromatic carbocycles. The zero-order valence-corrected chi connectivity index (χ0v) is 20.8. The maximum atomic E-state index is 13.5. The van der Waals surface area contributed by atoms with E-state index in [9.17, 15) is 21.9 Å². The summed E-state index contributed by atoms with van der Waals surface area (Å²) in [4.78, 5) is 0.0388. The van der Waals surface area contributed by atoms with E-state index in [1.165, 1.54) is 21.2 Å². The van der Waals surface area contributed by atoms with Crippen molar-refractivity contribution in [1.29, 1.82) is 0 Å². The summed E-state index contributed by atoms with van der Waals surface area (Å²) in [5.41, 5.74) is 2.09. The first-order valence-corrected chi connectivity index (χ1v) is 14.3. The topological polar surface area (TPSA) is 104 Å². The lowest BCUT2D eigenvalue weighted by Crippen LogP contribution is -2.50. The molecule has 8 nitrogen and oxygen atoms in total. The van der Waals surface area contributed by atoms with E-state index < -0.39 is 32.2 Å². The van der Waals surface area contributed by atoms with Crippen LogP contribution in [0.25, 0.3) is 5.57 Å². The lowest BCUT2D eigenvalue weighted by Gasteiger charge is -2.37. The molecule has 0 aromatic heterocycles. The van der Waals surface area contributed by atoms with Gasteiger partial charge >= 0.3 is 0 Å². The Labute approximate surface area is 192 Å². The molecule has 3 rings (SSSR count). The molecule has 0 saturated carbocycles. The maximum Gasteiger partial charge on any atom is 0.247 e. The Kier molecular flexibility index (Phi) is 7.71. The largest absolute Gasteiger partial charge is 0.487 e. The lowest BCUT2D eigenvalue weighted by molar-refractivity contribution is 0.0905. The van der Waals surface area contributed by atoms with Crippen molar-refractivity contribution in [3.05, 3.63) is 29.8 Å². The van der Waals surface area contributed by atoms with Gasteiger partial charge in [0, 0.05) is 25.6 Å². The van der Waals surface area contributed by atoms with Crippen LogP contribution in [0, 0.1) is 5.92 Å². The number of ether oxygens (including phenoxy) is 1. The highest BCUT2D eigenvalue weighted by Crippen LogP contribution is 2.37. The normalized spacial score (nSPS) is 25.2. The van der Waals surface area contributed by atoms with E-state index in [4.69, 9.17) is 4.74 Å². The van der Waals surface area contributed by atoms with Crippen molar-refractivity contribution in [3.63, 3.8) is 0 Å². The first kappa shape index (κ1) is 25.2. The molecule has 1 aliphatic heterocycles. The van der Waals surface area contributed by atoms with Crippen molar-refractivity contribution in [2.75, 3.05) is 33.0 Å². The highest BCUT2D eigenvalue weighted by molar-refractivity contribution is 7.89. The molecular weight excluding hydrogens is 452 g/mol. The molecule has 0 saturated heterocycles. The number of hydrogen-bond donors (Lipinski definition) is 1. The molecule has 0 fully saturated rings. The van der Waals surface area contributed by atoms with Crippen LogP contribution in [0.1, 0.15) is 45.1 Å². The Morgan fingerprint density at radius 1 is 1.31 bits per heavy atom. The van der Waals surface area contributed by atoms with Crippen molar-refractivity contribution in [2.45, 2.75) is 56.6 Å². The summed E-state index contributed by atoms with van der Waals surface area (Å²) in [6.07, 6.45) is 6.90. The van der Waals surface area contributed by atoms with Gasteiger partial charge in [-0.05, 0) is 55.9 Å². The average Bonchev–Trinajstić information content (AvgIpc) is 2.75. The Morgan fingerprint density at radius 3 is 2.62 bits per heavy atom. The fourth-order valence-electron chi connectivity index (χ4n) is 4.13. The standard InChI is InChI=1S/C22H34N2O6S2/c1-16-13-24(17(2)15-25)32(28,29)22-11-10-19(18-8-6-5-7-9-18)12-20(22)30-21(16)14-23(3)31(4,26)27/h8,10-12,16-17,21,25H,5-7,9,13-15H2,1-4H3/t16-,17+,21-/m0/s1. The third kappa shape index (κ3) is 5.36. The van der Waals surface area contributed by atoms with Gasteiger partial charge in [-0.25, -0.2) is 21.1 Å². The molecule has 0 radical (unpaired) electrons. The fraction of sp³-hybridized carbons (Fsp3) is 0.636. The molecule has 2 aliphatic rings. The summed E-state index contributed by atoms with van der Waals surface area (Å²) in [5, 5.41) is 9.72. The molecule has 180 valence electrons. The van der Waals surface area contributed by atoms with E-state index in [2.05, 4.69) is 6.08 Å². The molecule has 1 heterocycles. The number of fused-ring (bicyclic) bond motifs is 1. The third-order valence-electron chi connectivity index (χ3n) is 6.33. The lowest BCUT2D eigenvalue weighted by atomic mass is 9.93. The fourth-order valence-corrected chi connectivity index (χ4v) is 6.38. The summed E-state index contributed by atoms with van der Waals surface area (Å²) in [6, 6.07) is 4.51. The molecule has 0 spiro atoms. The predicted octanol–water partition coefficient (Wildman–Crippen LogP) is 2.30. The van der Waals surface area contributed by atoms with Gasteiger partial charge in [0.25, 0.3) is 0 Å². The first-order valence-electron chi connectivity index (χ1n) is 11.0. The molecule has 1 N–H and O–H groups in total. The second-order valence-electron chi connectivity index (χ2n) is 8.92. The zero-order valence-electron chi connectivity index (χ0n) is 19.2. The van der Waals surface area contributed by atoms with Gasteiger partial charge in [0.05, 0.1) is 19.4 Å². The summed E-state index contributed by atoms with van der Waals surface area (Å²) in [6.45, 7) is 3.38. The molecule has 1 aromatic rings. The van der Waals surface area contributed by atoms with Crippen LogP contribution in [-0.4, -0.2) is 75.7 Å². The number of nitrogens with zero attached hydrogens (tertiary/aromatic N) is 2. The van der Waals surface area contributed by atoms with Crippen LogP contribution in [0.2, 0.25) is 0 Å². The predicted molar refractivity (Wildman–Crippen MR) is 124 cm³/mol. The summed E-state index contributed by atoms with van der Waals surface area (Å²) >= 11 is 0. The van der Waals surface area contributed by atoms with Gasteiger partial charge in [-0.3, -0.25) is 0 Å². The highest BCUT2D eigenvalue weighted by atomic mass is 32.2. The van der Waals surface area contributed by atoms with E-state index in [0.717, 1.165) is 37.5 Å². The monoisotopic (exact) mass is 486 g/mol. The van der Waals surface area contributed by atoms with E-state index in [1.54, 1.807) is 25.1 Å². The van der Waals surface area contributed by atoms with Gasteiger partial charge < -0.3 is 9.84 Å². The van der Waals surface area contributed by atoms with Crippen LogP contribution in [0.3, 0.4) is 0 Å². The van der Waals surface area contributed by atoms with Gasteiger partial charge in [-0.1, -0.05) is 19.1 Å². The molecule has 32 heavy (non-hydrogen) atoms. The first-order chi connectivity index (χ1) is 14.9. The number of benzene rings is 1. The summed E-state index contributed by atoms with van der Waals surface area (Å²) in [5.74, 6) is -0.0868. The van der Waals surface area contributed by atoms with Crippen LogP contribution >= 0.6 is 0 Å². The van der Waals surface area contributed by atoms with Crippen LogP contribution in [-0.2, 0) is 20.0 Å². The van der Waals surface area contributed by atoms with Gasteiger partial charge in [-0.15, -0.1) is 0 Å². The van der Waals surface area contributed by atoms with Crippen molar-refractivity contribution < 1.29 is 26.7 Å². The van der Waals surface area contributed by atoms with E-state index in [1.807, 2.05) is 6.92 Å². The van der Waals surface area contributed by atoms with Crippen molar-refractivity contribution in [3.8, 4) is 5.75 Å². The van der Waals surface area contributed by atoms with Crippen molar-refractivity contribution in [1.82, 2.24) is 8.61 Å². The van der Waals surface area contributed by atoms with Gasteiger partial charge in [-0.2, -0.15) is 4.31 Å². The zero-order chi connectivity index (χ0) is 23.7. The Bertz CT molecular complexity index is 1070. The van der Waals surface area contributed by atoms with Crippen molar-refractivity contribution in [2.24, 2.45) is 5.92 Å². The summed E-state index contributed by atoms with van der Waals surface area (Å²) in [7, 11) is -5.87. The number of hydrogen-bond acceptors (Lipinski definition) is 6. The van der Waals surface area contributed by atoms with Crippen LogP contribution < -0.4 is 4.74 Å². The van der Waals surface area contributed by atoms with E-state index in [0.29, 0.717) is 0 Å². The SMILES string of the molecule is C[C@H](CO)N1C[C@H](C)[C@H](CN(C)S(C)(=O)=O)Oc2cc(C3=CCCCC3)ccc2S1(=O)=O. The number of likely N-dealkylation sites (N-methyl/N-ethyl adjacent to an activating group) is 1. The van der Waals surface area contributed by atoms with E-state index >= 15 is 0 Å². The molecule has 0 bridgehead atoms. The minimum atomic E-state index is -3.92. The summed E-state index contributed by atoms with van der Waals surface area (Å²) < 4.78 is 59.8. The molecule has 3 atom stereocenters. The molecule has 1 aliphatic carbocycles. The Hall–Kier alpha value is -1.46. The number of allylic oxidation sites excluding steroid dienone is 2. The second-order valence-corrected chi connectivity index (χ2v) is 12.9. The van der Waals surface area contributed by atoms with E-state index in [-0.39, 0.29) is 36.3 Å². The minimum absolute atomic E-state index is 0.0388. The molecular formula is C22H34N2O6S2. The van der Waals surface area contributed by atoms with Gasteiger partial charge in [0.15, 0.2) is 0 Å². The quantitative estimate of drug-likeness (QED) is 0.662. The van der Waals surface area contributed by atoms with Gasteiger partial charge in [0.2, 0.25) is 20.0 Å². The maximum absolute atomic E-state index is 13.5. The number of sulfonamides is 2. The van der Waals surface area contributed by atoms with Gasteiger partial charge in [0.1, 0.15) is 16.7 Å². The third-order valence-corrected chi connectivity index (χ3v) is 9.63. The van der Waals surface area contributed by atoms with Crippen LogP contribution in [0.4, 0.5) is 0 Å². The molecule has 0 unspecified atom stereocenters. The second kappa shape index (κ2) is 9.80. The Morgan fingerprint density at radius 2 is 2.03 bits per heavy atom. The Balaban J connectivity index is 2.11. The number of aliphatic hydroxyl groups is 1.